The second-order valence-electron chi connectivity index (χ2n) is 12.2. The fraction of sp³-hybridized carbons (Fsp3) is 0.929. The summed E-state index contributed by atoms with van der Waals surface area (Å²) in [5, 5.41) is 2.93. The molecule has 0 aliphatic heterocycles. The van der Waals surface area contributed by atoms with Crippen LogP contribution in [0.5, 0.6) is 0 Å². The summed E-state index contributed by atoms with van der Waals surface area (Å²) in [4.78, 5) is 28.2. The van der Waals surface area contributed by atoms with Crippen LogP contribution in [0.25, 0.3) is 0 Å². The van der Waals surface area contributed by atoms with E-state index in [0.29, 0.717) is 31.1 Å². The number of nitrogens with zero attached hydrogens (tertiary/aromatic N) is 1. The zero-order valence-electron chi connectivity index (χ0n) is 22.4. The van der Waals surface area contributed by atoms with Gasteiger partial charge in [-0.15, -0.1) is 0 Å². The van der Waals surface area contributed by atoms with Gasteiger partial charge in [-0.2, -0.15) is 0 Å². The van der Waals surface area contributed by atoms with Gasteiger partial charge in [0.1, 0.15) is 0 Å². The lowest BCUT2D eigenvalue weighted by Gasteiger charge is -2.35. The summed E-state index contributed by atoms with van der Waals surface area (Å²) >= 11 is 0. The second-order valence-corrected chi connectivity index (χ2v) is 14.2. The minimum Gasteiger partial charge on any atom is -0.353 e. The lowest BCUT2D eigenvalue weighted by Crippen LogP contribution is -2.44. The Bertz CT molecular complexity index is 822. The summed E-state index contributed by atoms with van der Waals surface area (Å²) in [5.41, 5.74) is 0. The first-order valence-corrected chi connectivity index (χ1v) is 16.5. The van der Waals surface area contributed by atoms with Crippen LogP contribution in [-0.2, 0) is 19.6 Å². The van der Waals surface area contributed by atoms with Gasteiger partial charge in [0.2, 0.25) is 21.8 Å². The molecule has 0 aromatic heterocycles. The molecule has 4 aliphatic rings. The molecule has 0 bridgehead atoms. The van der Waals surface area contributed by atoms with Crippen LogP contribution in [0, 0.1) is 17.8 Å². The molecule has 0 radical (unpaired) electrons. The van der Waals surface area contributed by atoms with Gasteiger partial charge in [0.05, 0.1) is 5.25 Å². The van der Waals surface area contributed by atoms with Crippen LogP contribution in [0.2, 0.25) is 0 Å². The molecular formula is C28H49N3O4S. The van der Waals surface area contributed by atoms with E-state index in [-0.39, 0.29) is 35.1 Å². The molecular weight excluding hydrogens is 474 g/mol. The number of nitrogens with one attached hydrogen (secondary N) is 2. The molecule has 7 nitrogen and oxygen atoms in total. The Morgan fingerprint density at radius 1 is 0.778 bits per heavy atom. The maximum absolute atomic E-state index is 13.3. The molecule has 0 atom stereocenters. The van der Waals surface area contributed by atoms with Gasteiger partial charge >= 0.3 is 0 Å². The quantitative estimate of drug-likeness (QED) is 0.416. The van der Waals surface area contributed by atoms with E-state index in [2.05, 4.69) is 21.9 Å². The molecule has 4 rings (SSSR count). The number of rotatable bonds is 11. The first kappa shape index (κ1) is 27.9. The van der Waals surface area contributed by atoms with E-state index >= 15 is 0 Å². The van der Waals surface area contributed by atoms with E-state index in [0.717, 1.165) is 70.9 Å². The summed E-state index contributed by atoms with van der Waals surface area (Å²) in [7, 11) is -3.21. The Hall–Kier alpha value is -1.15. The van der Waals surface area contributed by atoms with Crippen molar-refractivity contribution in [3.63, 3.8) is 0 Å². The van der Waals surface area contributed by atoms with Crippen LogP contribution in [0.3, 0.4) is 0 Å². The Morgan fingerprint density at radius 3 is 2.03 bits per heavy atom. The van der Waals surface area contributed by atoms with Gasteiger partial charge in [-0.3, -0.25) is 9.59 Å². The van der Waals surface area contributed by atoms with Gasteiger partial charge in [0, 0.05) is 37.5 Å². The molecule has 0 aromatic carbocycles. The van der Waals surface area contributed by atoms with Crippen molar-refractivity contribution in [3.8, 4) is 0 Å². The third kappa shape index (κ3) is 8.17. The zero-order chi connectivity index (χ0) is 25.5. The van der Waals surface area contributed by atoms with Crippen molar-refractivity contribution in [1.82, 2.24) is 14.9 Å². The molecule has 4 saturated carbocycles. The Morgan fingerprint density at radius 2 is 1.42 bits per heavy atom. The SMILES string of the molecule is CCCN(CC1CCCCC1)C(=O)C1CCC(NC(=O)CC2CCC(S(=O)(=O)NC3CC3)CC2)CC1. The lowest BCUT2D eigenvalue weighted by molar-refractivity contribution is -0.137. The number of carbonyl (C=O) groups excluding carboxylic acids is 2. The van der Waals surface area contributed by atoms with Crippen molar-refractivity contribution in [2.24, 2.45) is 17.8 Å². The van der Waals surface area contributed by atoms with Crippen molar-refractivity contribution < 1.29 is 18.0 Å². The average Bonchev–Trinajstić information content (AvgIpc) is 3.68. The molecule has 0 saturated heterocycles. The number of hydrogen-bond donors (Lipinski definition) is 2. The molecule has 0 unspecified atom stereocenters. The van der Waals surface area contributed by atoms with Crippen molar-refractivity contribution in [1.29, 1.82) is 0 Å². The monoisotopic (exact) mass is 523 g/mol. The third-order valence-electron chi connectivity index (χ3n) is 9.07. The van der Waals surface area contributed by atoms with Crippen LogP contribution in [0.1, 0.15) is 116 Å². The number of hydrogen-bond acceptors (Lipinski definition) is 4. The summed E-state index contributed by atoms with van der Waals surface area (Å²) in [5.74, 6) is 1.49. The molecule has 36 heavy (non-hydrogen) atoms. The zero-order valence-corrected chi connectivity index (χ0v) is 23.2. The molecule has 2 amide bonds. The van der Waals surface area contributed by atoms with Gasteiger partial charge in [-0.25, -0.2) is 13.1 Å². The number of carbonyl (C=O) groups is 2. The van der Waals surface area contributed by atoms with E-state index < -0.39 is 10.0 Å². The Kier molecular flexibility index (Phi) is 10.1. The van der Waals surface area contributed by atoms with Crippen LogP contribution in [0.15, 0.2) is 0 Å². The minimum absolute atomic E-state index is 0.0945. The van der Waals surface area contributed by atoms with E-state index in [1.807, 2.05) is 0 Å². The molecule has 4 aliphatic carbocycles. The Balaban J connectivity index is 1.15. The summed E-state index contributed by atoms with van der Waals surface area (Å²) in [6.45, 7) is 3.96. The van der Waals surface area contributed by atoms with Gasteiger partial charge in [0.15, 0.2) is 0 Å². The van der Waals surface area contributed by atoms with Crippen molar-refractivity contribution >= 4 is 21.8 Å². The van der Waals surface area contributed by atoms with E-state index in [1.165, 1.54) is 32.1 Å². The van der Waals surface area contributed by atoms with Gasteiger partial charge in [-0.1, -0.05) is 26.2 Å². The Labute approximate surface area is 219 Å². The molecule has 0 heterocycles. The normalized spacial score (nSPS) is 30.0. The summed E-state index contributed by atoms with van der Waals surface area (Å²) < 4.78 is 27.7. The largest absolute Gasteiger partial charge is 0.353 e. The lowest BCUT2D eigenvalue weighted by atomic mass is 9.83. The van der Waals surface area contributed by atoms with Crippen molar-refractivity contribution in [3.05, 3.63) is 0 Å². The van der Waals surface area contributed by atoms with Crippen molar-refractivity contribution in [2.45, 2.75) is 133 Å². The molecule has 2 N–H and O–H groups in total. The maximum Gasteiger partial charge on any atom is 0.225 e. The van der Waals surface area contributed by atoms with Crippen LogP contribution in [0.4, 0.5) is 0 Å². The van der Waals surface area contributed by atoms with E-state index in [4.69, 9.17) is 0 Å². The van der Waals surface area contributed by atoms with Crippen molar-refractivity contribution in [2.75, 3.05) is 13.1 Å². The van der Waals surface area contributed by atoms with Crippen LogP contribution >= 0.6 is 0 Å². The van der Waals surface area contributed by atoms with Gasteiger partial charge in [0.25, 0.3) is 0 Å². The third-order valence-corrected chi connectivity index (χ3v) is 11.1. The van der Waals surface area contributed by atoms with Gasteiger partial charge in [-0.05, 0) is 95.3 Å². The summed E-state index contributed by atoms with van der Waals surface area (Å²) in [6, 6.07) is 0.328. The summed E-state index contributed by atoms with van der Waals surface area (Å²) in [6.07, 6.45) is 16.3. The average molecular weight is 524 g/mol. The minimum atomic E-state index is -3.21. The van der Waals surface area contributed by atoms with Crippen LogP contribution in [-0.4, -0.2) is 55.6 Å². The second kappa shape index (κ2) is 13.1. The van der Waals surface area contributed by atoms with Gasteiger partial charge < -0.3 is 10.2 Å². The molecule has 0 spiro atoms. The highest BCUT2D eigenvalue weighted by Gasteiger charge is 2.36. The highest BCUT2D eigenvalue weighted by atomic mass is 32.2. The topological polar surface area (TPSA) is 95.6 Å². The fourth-order valence-electron chi connectivity index (χ4n) is 6.71. The van der Waals surface area contributed by atoms with E-state index in [1.54, 1.807) is 0 Å². The predicted octanol–water partition coefficient (Wildman–Crippen LogP) is 4.51. The van der Waals surface area contributed by atoms with E-state index in [9.17, 15) is 18.0 Å². The maximum atomic E-state index is 13.3. The van der Waals surface area contributed by atoms with Crippen LogP contribution < -0.4 is 10.0 Å². The number of sulfonamides is 1. The highest BCUT2D eigenvalue weighted by molar-refractivity contribution is 7.90. The fourth-order valence-corrected chi connectivity index (χ4v) is 8.50. The molecule has 206 valence electrons. The first-order chi connectivity index (χ1) is 17.3. The first-order valence-electron chi connectivity index (χ1n) is 14.9. The smallest absolute Gasteiger partial charge is 0.225 e. The standard InChI is InChI=1S/C28H49N3O4S/c1-2-18-31(20-22-6-4-3-5-7-22)28(33)23-10-12-24(13-11-23)29-27(32)19-21-8-16-26(17-9-21)36(34,35)30-25-14-15-25/h21-26,30H,2-20H2,1H3,(H,29,32). The predicted molar refractivity (Wildman–Crippen MR) is 143 cm³/mol. The molecule has 0 aromatic rings. The molecule has 8 heteroatoms. The highest BCUT2D eigenvalue weighted by Crippen LogP contribution is 2.33. The molecule has 4 fully saturated rings. The number of amides is 2.